The number of nitrogens with one attached hydrogen (secondary N) is 5. The molecule has 15 N–H and O–H groups in total. The van der Waals surface area contributed by atoms with Gasteiger partial charge >= 0.3 is 28.4 Å². The maximum Gasteiger partial charge on any atom is 0.328 e. The van der Waals surface area contributed by atoms with Crippen molar-refractivity contribution in [2.75, 3.05) is 54.8 Å². The minimum absolute atomic E-state index is 0.239. The van der Waals surface area contributed by atoms with E-state index in [0.717, 1.165) is 139 Å². The van der Waals surface area contributed by atoms with Crippen molar-refractivity contribution in [2.24, 2.45) is 17.8 Å². The molecule has 0 radical (unpaired) electrons. The van der Waals surface area contributed by atoms with Gasteiger partial charge in [0.05, 0.1) is 44.1 Å². The number of H-pyrrole nitrogens is 5. The maximum atomic E-state index is 12.3. The normalized spacial score (nSPS) is 14.1. The Morgan fingerprint density at radius 3 is 0.864 bits per heavy atom. The topological polar surface area (TPSA) is 519 Å². The summed E-state index contributed by atoms with van der Waals surface area (Å²) in [5.74, 6) is 6.74. The van der Waals surface area contributed by atoms with Gasteiger partial charge in [-0.1, -0.05) is 135 Å². The number of aryl methyl sites for hydroxylation is 8. The predicted octanol–water partition coefficient (Wildman–Crippen LogP) is 11.9. The molecule has 15 aromatic heterocycles. The lowest BCUT2D eigenvalue weighted by molar-refractivity contribution is 0.173. The fourth-order valence-corrected chi connectivity index (χ4v) is 17.4. The van der Waals surface area contributed by atoms with E-state index in [-0.39, 0.29) is 40.1 Å². The van der Waals surface area contributed by atoms with Gasteiger partial charge in [0.15, 0.2) is 57.3 Å². The van der Waals surface area contributed by atoms with Crippen LogP contribution in [0, 0.1) is 52.4 Å². The number of rotatable bonds is 29. The van der Waals surface area contributed by atoms with Crippen molar-refractivity contribution in [1.82, 2.24) is 132 Å². The van der Waals surface area contributed by atoms with Gasteiger partial charge in [-0.25, -0.2) is 73.8 Å². The van der Waals surface area contributed by atoms with E-state index in [1.165, 1.54) is 116 Å². The zero-order valence-electron chi connectivity index (χ0n) is 77.5. The third-order valence-corrected chi connectivity index (χ3v) is 25.0. The Kier molecular flexibility index (Phi) is 31.8. The number of nitrogens with two attached hydrogens (primary N) is 5. The molecule has 132 heavy (non-hydrogen) atoms. The van der Waals surface area contributed by atoms with Crippen molar-refractivity contribution < 1.29 is 0 Å². The van der Waals surface area contributed by atoms with Crippen LogP contribution in [0.15, 0.2) is 116 Å². The quantitative estimate of drug-likeness (QED) is 0.0195. The maximum absolute atomic E-state index is 12.3. The van der Waals surface area contributed by atoms with Crippen LogP contribution >= 0.6 is 0 Å². The van der Waals surface area contributed by atoms with E-state index < -0.39 is 0 Å². The number of aromatic amines is 5. The molecular weight excluding hydrogens is 1670 g/mol. The van der Waals surface area contributed by atoms with E-state index in [1.807, 2.05) is 73.4 Å². The van der Waals surface area contributed by atoms with Crippen LogP contribution in [-0.2, 0) is 65.1 Å². The van der Waals surface area contributed by atoms with Crippen LogP contribution in [0.25, 0.3) is 55.8 Å². The van der Waals surface area contributed by atoms with Gasteiger partial charge in [-0.15, -0.1) is 0 Å². The Bertz CT molecular complexity index is 6680. The molecule has 17 heterocycles. The van der Waals surface area contributed by atoms with Gasteiger partial charge in [-0.2, -0.15) is 0 Å². The van der Waals surface area contributed by atoms with Crippen molar-refractivity contribution in [3.8, 4) is 0 Å². The Balaban J connectivity index is 0.000000133. The molecule has 1 aliphatic carbocycles. The summed E-state index contributed by atoms with van der Waals surface area (Å²) in [6.07, 6.45) is 36.5. The molecule has 1 saturated carbocycles. The van der Waals surface area contributed by atoms with Crippen molar-refractivity contribution in [3.63, 3.8) is 0 Å². The van der Waals surface area contributed by atoms with Crippen LogP contribution in [0.2, 0.25) is 0 Å². The first-order valence-electron chi connectivity index (χ1n) is 46.6. The highest BCUT2D eigenvalue weighted by molar-refractivity contribution is 5.84. The van der Waals surface area contributed by atoms with Crippen LogP contribution in [0.4, 0.5) is 29.1 Å². The van der Waals surface area contributed by atoms with E-state index in [1.54, 1.807) is 57.5 Å². The molecule has 0 bridgehead atoms. The molecule has 37 nitrogen and oxygen atoms in total. The first-order chi connectivity index (χ1) is 63.8. The first-order valence-corrected chi connectivity index (χ1v) is 46.6. The Labute approximate surface area is 764 Å². The van der Waals surface area contributed by atoms with Crippen molar-refractivity contribution in [1.29, 1.82) is 0 Å². The Morgan fingerprint density at radius 1 is 0.311 bits per heavy atom. The van der Waals surface area contributed by atoms with Gasteiger partial charge in [0.2, 0.25) is 0 Å². The van der Waals surface area contributed by atoms with Crippen LogP contribution < -0.4 is 57.1 Å². The number of nitrogens with zero attached hydrogens (tertiary/aromatic N) is 22. The zero-order valence-corrected chi connectivity index (χ0v) is 77.5. The third-order valence-electron chi connectivity index (χ3n) is 25.0. The lowest BCUT2D eigenvalue weighted by atomic mass is 9.94. The molecule has 18 rings (SSSR count). The highest BCUT2D eigenvalue weighted by atomic mass is 16.2. The lowest BCUT2D eigenvalue weighted by Gasteiger charge is -2.31. The number of imidazole rings is 5. The Hall–Kier alpha value is -13.6. The third kappa shape index (κ3) is 24.5. The summed E-state index contributed by atoms with van der Waals surface area (Å²) < 4.78 is 7.87. The second-order valence-electron chi connectivity index (χ2n) is 35.4. The molecule has 0 amide bonds. The van der Waals surface area contributed by atoms with E-state index in [2.05, 4.69) is 155 Å². The number of unbranched alkanes of at least 4 members (excludes halogenated alkanes) is 7. The van der Waals surface area contributed by atoms with E-state index in [0.29, 0.717) is 135 Å². The standard InChI is InChI=1S/C20H27N7O.C20H28N6O.C19H25N7O.C19H24N6O.C17H22N6O/c1-3-14-6-8-26(9-7-14)12-16-5-4-15(10-22-16)11-27-19-17(25-20(27)28)18(21)23-13(2)24-19;1-3-4-5-6-7-8-9-16-11-10-15(12-22-16)13-26-19-17(25-20(26)27)18(21)23-14(2)24-19;1-12-5-7-25(8-6-12)11-15-4-3-14(9-21-15)10-26-18-16(24-19(26)27)17(20)22-13(2)23-18;1-12-22-17(20)16-18(23-12)25(19(26)24-16)11-14-7-9-15(21-10-14)8-6-13-4-2-3-5-13;1-3-4-5-6-13-8-7-12(9-19-13)10-23-16-14(22-17(23)24)15(18)20-11(2)21-16/h4-5,10,14H,3,6-9,11-12H2,1-2H3,(H,25,28)(H2,21,23,24);10-12H,3-9,13H2,1-2H3,(H,25,27)(H2,21,23,24);3-4,9,12H,5-8,10-11H2,1-2H3,(H,24,27)(H2,20,22,23);7,9-10,13H,2-6,8,11H2,1H3,(H,24,26)(H2,20,22,23);7-9H,3-6,10H2,1-2H3,(H,22,24)(H2,18,20,21). The van der Waals surface area contributed by atoms with E-state index >= 15 is 0 Å². The average Bonchev–Trinajstić information content (AvgIpc) is 1.66. The molecule has 0 aromatic carbocycles. The fraction of sp³-hybridized carbons (Fsp3) is 0.474. The Morgan fingerprint density at radius 2 is 0.576 bits per heavy atom. The zero-order chi connectivity index (χ0) is 93.1. The first kappa shape index (κ1) is 94.5. The monoisotopic (exact) mass is 1800 g/mol. The van der Waals surface area contributed by atoms with Gasteiger partial charge in [0.1, 0.15) is 56.7 Å². The summed E-state index contributed by atoms with van der Waals surface area (Å²) in [6.45, 7) is 26.1. The van der Waals surface area contributed by atoms with Gasteiger partial charge in [0, 0.05) is 61.2 Å². The number of anilines is 5. The number of aromatic nitrogens is 25. The minimum Gasteiger partial charge on any atom is -0.382 e. The van der Waals surface area contributed by atoms with Gasteiger partial charge in [-0.05, 0) is 201 Å². The molecule has 3 aliphatic rings. The number of hydrogen-bond donors (Lipinski definition) is 10. The molecule has 696 valence electrons. The van der Waals surface area contributed by atoms with Crippen molar-refractivity contribution >= 4 is 84.9 Å². The summed E-state index contributed by atoms with van der Waals surface area (Å²) in [5, 5.41) is 0. The SMILES string of the molecule is CCC1CCN(Cc2ccc(Cn3c(=O)[nH]c4c(N)nc(C)nc43)cn2)CC1.CCCCCCCCc1ccc(Cn2c(=O)[nH]c3c(N)nc(C)nc32)cn1.CCCCCc1ccc(Cn2c(=O)[nH]c3c(N)nc(C)nc32)cn1.Cc1nc(N)c2[nH]c(=O)n(Cc3ccc(CCC4CCCC4)nc3)c2n1.Cc1nc(N)c2[nH]c(=O)n(Cc3ccc(CN4CCC(C)CC4)nc3)c2n1. The summed E-state index contributed by atoms with van der Waals surface area (Å²) in [7, 11) is 0. The molecule has 15 aromatic rings. The molecule has 2 saturated heterocycles. The average molecular weight is 1800 g/mol. The number of pyridine rings is 5. The van der Waals surface area contributed by atoms with Gasteiger partial charge in [0.25, 0.3) is 0 Å². The van der Waals surface area contributed by atoms with Crippen molar-refractivity contribution in [2.45, 2.75) is 249 Å². The smallest absolute Gasteiger partial charge is 0.328 e. The second kappa shape index (κ2) is 44.4. The molecule has 0 spiro atoms. The fourth-order valence-electron chi connectivity index (χ4n) is 17.4. The number of fused-ring (bicyclic) bond motifs is 5. The predicted molar refractivity (Wildman–Crippen MR) is 516 cm³/mol. The minimum atomic E-state index is -0.247. The number of piperidine rings is 2. The largest absolute Gasteiger partial charge is 0.382 e. The van der Waals surface area contributed by atoms with E-state index in [4.69, 9.17) is 28.7 Å². The summed E-state index contributed by atoms with van der Waals surface area (Å²) in [6, 6.07) is 20.4. The summed E-state index contributed by atoms with van der Waals surface area (Å²) >= 11 is 0. The van der Waals surface area contributed by atoms with Gasteiger partial charge in [-0.3, -0.25) is 57.6 Å². The van der Waals surface area contributed by atoms with Crippen LogP contribution in [0.3, 0.4) is 0 Å². The molecule has 0 atom stereocenters. The molecule has 2 aliphatic heterocycles. The number of hydrogen-bond acceptors (Lipinski definition) is 27. The summed E-state index contributed by atoms with van der Waals surface area (Å²) in [4.78, 5) is 145. The summed E-state index contributed by atoms with van der Waals surface area (Å²) in [5.41, 5.74) is 43.5. The van der Waals surface area contributed by atoms with E-state index in [9.17, 15) is 24.0 Å². The van der Waals surface area contributed by atoms with Crippen LogP contribution in [0.5, 0.6) is 0 Å². The lowest BCUT2D eigenvalue weighted by Crippen LogP contribution is -2.33. The number of nitrogen functional groups attached to an aromatic ring is 5. The highest BCUT2D eigenvalue weighted by Gasteiger charge is 2.24. The highest BCUT2D eigenvalue weighted by Crippen LogP contribution is 2.30. The van der Waals surface area contributed by atoms with Crippen molar-refractivity contribution in [3.05, 3.63) is 229 Å². The second-order valence-corrected chi connectivity index (χ2v) is 35.4. The van der Waals surface area contributed by atoms with Crippen LogP contribution in [-0.4, -0.2) is 158 Å². The molecule has 0 unspecified atom stereocenters. The van der Waals surface area contributed by atoms with Gasteiger partial charge < -0.3 is 53.6 Å². The van der Waals surface area contributed by atoms with Crippen LogP contribution in [0.1, 0.15) is 235 Å². The number of likely N-dealkylation sites (tertiary alicyclic amines) is 2. The molecule has 37 heteroatoms. The molecular formula is C95H126N32O5. The molecule has 3 fully saturated rings.